The van der Waals surface area contributed by atoms with Crippen molar-refractivity contribution in [3.63, 3.8) is 0 Å². The predicted octanol–water partition coefficient (Wildman–Crippen LogP) is 1.70. The summed E-state index contributed by atoms with van der Waals surface area (Å²) in [6.45, 7) is 1.68. The van der Waals surface area contributed by atoms with E-state index in [9.17, 15) is 4.39 Å². The molecule has 1 aliphatic carbocycles. The molecule has 0 bridgehead atoms. The first-order valence-corrected chi connectivity index (χ1v) is 5.50. The Labute approximate surface area is 97.4 Å². The summed E-state index contributed by atoms with van der Waals surface area (Å²) >= 11 is 0. The van der Waals surface area contributed by atoms with E-state index in [1.807, 2.05) is 0 Å². The molecule has 0 aliphatic heterocycles. The van der Waals surface area contributed by atoms with E-state index in [1.54, 1.807) is 23.7 Å². The highest BCUT2D eigenvalue weighted by molar-refractivity contribution is 5.63. The number of halogens is 1. The van der Waals surface area contributed by atoms with Gasteiger partial charge in [-0.2, -0.15) is 0 Å². The fourth-order valence-corrected chi connectivity index (χ4v) is 1.90. The van der Waals surface area contributed by atoms with Gasteiger partial charge in [-0.1, -0.05) is 0 Å². The summed E-state index contributed by atoms with van der Waals surface area (Å²) in [7, 11) is 0. The maximum atomic E-state index is 14.0. The quantitative estimate of drug-likeness (QED) is 0.801. The van der Waals surface area contributed by atoms with Gasteiger partial charge in [-0.05, 0) is 47.9 Å². The van der Waals surface area contributed by atoms with Gasteiger partial charge in [0.1, 0.15) is 5.82 Å². The molecule has 0 atom stereocenters. The highest BCUT2D eigenvalue weighted by atomic mass is 19.1. The van der Waals surface area contributed by atoms with Crippen LogP contribution in [0.4, 0.5) is 10.1 Å². The molecule has 1 aromatic heterocycles. The van der Waals surface area contributed by atoms with Crippen LogP contribution in [0.15, 0.2) is 12.1 Å². The number of hydrogen-bond donors (Lipinski definition) is 1. The van der Waals surface area contributed by atoms with Gasteiger partial charge in [-0.25, -0.2) is 9.07 Å². The molecule has 0 radical (unpaired) electrons. The molecule has 88 valence electrons. The highest BCUT2D eigenvalue weighted by Gasteiger charge is 2.29. The van der Waals surface area contributed by atoms with E-state index < -0.39 is 0 Å². The summed E-state index contributed by atoms with van der Waals surface area (Å²) in [5, 5.41) is 11.4. The maximum absolute atomic E-state index is 14.0. The van der Waals surface area contributed by atoms with Crippen molar-refractivity contribution in [1.29, 1.82) is 0 Å². The zero-order chi connectivity index (χ0) is 12.0. The molecule has 1 heterocycles. The molecule has 17 heavy (non-hydrogen) atoms. The molecule has 1 aromatic carbocycles. The second-order valence-electron chi connectivity index (χ2n) is 4.38. The number of aryl methyl sites for hydroxylation is 1. The number of aromatic nitrogens is 4. The molecule has 2 N–H and O–H groups in total. The standard InChI is InChI=1S/C11H12FN5/c1-6-4-7(13)5-9(10(6)12)11-14-15-16-17(11)8-2-3-8/h4-5,8H,2-3,13H2,1H3. The van der Waals surface area contributed by atoms with Crippen molar-refractivity contribution in [3.8, 4) is 11.4 Å². The average Bonchev–Trinajstić information content (AvgIpc) is 3.02. The van der Waals surface area contributed by atoms with Crippen molar-refractivity contribution >= 4 is 5.69 Å². The van der Waals surface area contributed by atoms with Crippen molar-refractivity contribution < 1.29 is 4.39 Å². The first kappa shape index (κ1) is 10.2. The number of tetrazole rings is 1. The average molecular weight is 233 g/mol. The molecule has 0 amide bonds. The SMILES string of the molecule is Cc1cc(N)cc(-c2nnnn2C2CC2)c1F. The Hall–Kier alpha value is -1.98. The molecule has 1 saturated carbocycles. The number of rotatable bonds is 2. The molecule has 0 saturated heterocycles. The van der Waals surface area contributed by atoms with Gasteiger partial charge in [0.05, 0.1) is 11.6 Å². The topological polar surface area (TPSA) is 69.6 Å². The van der Waals surface area contributed by atoms with Gasteiger partial charge in [-0.3, -0.25) is 0 Å². The Kier molecular flexibility index (Phi) is 2.10. The lowest BCUT2D eigenvalue weighted by molar-refractivity contribution is 0.600. The van der Waals surface area contributed by atoms with Crippen LogP contribution in [0.5, 0.6) is 0 Å². The molecular weight excluding hydrogens is 221 g/mol. The smallest absolute Gasteiger partial charge is 0.185 e. The molecule has 6 heteroatoms. The Morgan fingerprint density at radius 3 is 2.88 bits per heavy atom. The normalized spacial score (nSPS) is 15.2. The van der Waals surface area contributed by atoms with Crippen LogP contribution in [-0.4, -0.2) is 20.2 Å². The van der Waals surface area contributed by atoms with Crippen molar-refractivity contribution in [2.75, 3.05) is 5.73 Å². The zero-order valence-electron chi connectivity index (χ0n) is 9.39. The Morgan fingerprint density at radius 1 is 1.41 bits per heavy atom. The van der Waals surface area contributed by atoms with Crippen LogP contribution in [-0.2, 0) is 0 Å². The van der Waals surface area contributed by atoms with Gasteiger partial charge < -0.3 is 5.73 Å². The third kappa shape index (κ3) is 1.65. The minimum Gasteiger partial charge on any atom is -0.399 e. The molecule has 0 unspecified atom stereocenters. The zero-order valence-corrected chi connectivity index (χ0v) is 9.39. The van der Waals surface area contributed by atoms with E-state index in [4.69, 9.17) is 5.73 Å². The van der Waals surface area contributed by atoms with Gasteiger partial charge in [0.25, 0.3) is 0 Å². The summed E-state index contributed by atoms with van der Waals surface area (Å²) in [6.07, 6.45) is 2.09. The third-order valence-corrected chi connectivity index (χ3v) is 2.90. The minimum atomic E-state index is -0.309. The Bertz CT molecular complexity index is 573. The van der Waals surface area contributed by atoms with Crippen LogP contribution in [0.2, 0.25) is 0 Å². The largest absolute Gasteiger partial charge is 0.399 e. The van der Waals surface area contributed by atoms with E-state index in [1.165, 1.54) is 0 Å². The first-order valence-electron chi connectivity index (χ1n) is 5.50. The van der Waals surface area contributed by atoms with E-state index in [2.05, 4.69) is 15.5 Å². The Morgan fingerprint density at radius 2 is 2.18 bits per heavy atom. The van der Waals surface area contributed by atoms with Gasteiger partial charge in [0, 0.05) is 5.69 Å². The molecule has 0 spiro atoms. The van der Waals surface area contributed by atoms with Crippen LogP contribution in [0.1, 0.15) is 24.4 Å². The summed E-state index contributed by atoms with van der Waals surface area (Å²) in [5.41, 5.74) is 7.13. The Balaban J connectivity index is 2.17. The summed E-state index contributed by atoms with van der Waals surface area (Å²) < 4.78 is 15.7. The lowest BCUT2D eigenvalue weighted by atomic mass is 10.1. The van der Waals surface area contributed by atoms with E-state index in [0.717, 1.165) is 12.8 Å². The van der Waals surface area contributed by atoms with Crippen molar-refractivity contribution in [2.24, 2.45) is 0 Å². The lowest BCUT2D eigenvalue weighted by Gasteiger charge is -2.07. The van der Waals surface area contributed by atoms with E-state index >= 15 is 0 Å². The van der Waals surface area contributed by atoms with Crippen LogP contribution < -0.4 is 5.73 Å². The number of nitrogens with zero attached hydrogens (tertiary/aromatic N) is 4. The van der Waals surface area contributed by atoms with Crippen molar-refractivity contribution in [3.05, 3.63) is 23.5 Å². The van der Waals surface area contributed by atoms with Gasteiger partial charge in [0.2, 0.25) is 0 Å². The monoisotopic (exact) mass is 233 g/mol. The molecule has 3 rings (SSSR count). The van der Waals surface area contributed by atoms with Crippen molar-refractivity contribution in [2.45, 2.75) is 25.8 Å². The number of benzene rings is 1. The second kappa shape index (κ2) is 3.51. The van der Waals surface area contributed by atoms with Gasteiger partial charge in [0.15, 0.2) is 5.82 Å². The highest BCUT2D eigenvalue weighted by Crippen LogP contribution is 2.37. The molecule has 5 nitrogen and oxygen atoms in total. The number of nitrogen functional groups attached to an aromatic ring is 1. The first-order chi connectivity index (χ1) is 8.16. The minimum absolute atomic E-state index is 0.307. The molecule has 2 aromatic rings. The summed E-state index contributed by atoms with van der Waals surface area (Å²) in [5.74, 6) is 0.149. The predicted molar refractivity (Wildman–Crippen MR) is 60.6 cm³/mol. The molecule has 1 fully saturated rings. The van der Waals surface area contributed by atoms with E-state index in [0.29, 0.717) is 28.7 Å². The number of hydrogen-bond acceptors (Lipinski definition) is 4. The summed E-state index contributed by atoms with van der Waals surface area (Å²) in [4.78, 5) is 0. The number of anilines is 1. The fourth-order valence-electron chi connectivity index (χ4n) is 1.90. The lowest BCUT2D eigenvalue weighted by Crippen LogP contribution is -2.02. The maximum Gasteiger partial charge on any atom is 0.185 e. The van der Waals surface area contributed by atoms with Crippen LogP contribution in [0.3, 0.4) is 0 Å². The van der Waals surface area contributed by atoms with Crippen molar-refractivity contribution in [1.82, 2.24) is 20.2 Å². The van der Waals surface area contributed by atoms with Crippen LogP contribution >= 0.6 is 0 Å². The summed E-state index contributed by atoms with van der Waals surface area (Å²) in [6, 6.07) is 3.48. The van der Waals surface area contributed by atoms with E-state index in [-0.39, 0.29) is 5.82 Å². The van der Waals surface area contributed by atoms with Gasteiger partial charge >= 0.3 is 0 Å². The fraction of sp³-hybridized carbons (Fsp3) is 0.364. The molecular formula is C11H12FN5. The third-order valence-electron chi connectivity index (χ3n) is 2.90. The van der Waals surface area contributed by atoms with Crippen LogP contribution in [0, 0.1) is 12.7 Å². The second-order valence-corrected chi connectivity index (χ2v) is 4.38. The van der Waals surface area contributed by atoms with Crippen LogP contribution in [0.25, 0.3) is 11.4 Å². The number of nitrogens with two attached hydrogens (primary N) is 1. The van der Waals surface area contributed by atoms with Gasteiger partial charge in [-0.15, -0.1) is 5.10 Å². The molecule has 1 aliphatic rings.